The lowest BCUT2D eigenvalue weighted by Gasteiger charge is -2.28. The van der Waals surface area contributed by atoms with Gasteiger partial charge in [-0.25, -0.2) is 9.97 Å². The van der Waals surface area contributed by atoms with E-state index in [2.05, 4.69) is 54.3 Å². The molecule has 114 valence electrons. The number of hydrogen-bond donors (Lipinski definition) is 1. The van der Waals surface area contributed by atoms with Crippen LogP contribution in [0.1, 0.15) is 39.2 Å². The van der Waals surface area contributed by atoms with Gasteiger partial charge in [-0.2, -0.15) is 11.8 Å². The molecular formula is C15H28N4S. The highest BCUT2D eigenvalue weighted by Gasteiger charge is 2.17. The van der Waals surface area contributed by atoms with E-state index in [-0.39, 0.29) is 0 Å². The van der Waals surface area contributed by atoms with E-state index in [1.54, 1.807) is 6.33 Å². The third kappa shape index (κ3) is 4.54. The Morgan fingerprint density at radius 2 is 2.10 bits per heavy atom. The number of rotatable bonds is 9. The number of nitrogens with zero attached hydrogens (tertiary/aromatic N) is 3. The average molecular weight is 296 g/mol. The van der Waals surface area contributed by atoms with Crippen LogP contribution in [-0.2, 0) is 6.42 Å². The van der Waals surface area contributed by atoms with Gasteiger partial charge < -0.3 is 10.2 Å². The van der Waals surface area contributed by atoms with Crippen molar-refractivity contribution in [1.82, 2.24) is 9.97 Å². The Morgan fingerprint density at radius 3 is 2.70 bits per heavy atom. The van der Waals surface area contributed by atoms with Crippen molar-refractivity contribution in [1.29, 1.82) is 0 Å². The van der Waals surface area contributed by atoms with Gasteiger partial charge in [-0.15, -0.1) is 0 Å². The lowest BCUT2D eigenvalue weighted by Crippen LogP contribution is -2.31. The Morgan fingerprint density at radius 1 is 1.35 bits per heavy atom. The quantitative estimate of drug-likeness (QED) is 0.756. The Bertz CT molecular complexity index is 397. The molecule has 0 spiro atoms. The van der Waals surface area contributed by atoms with Crippen LogP contribution in [0.5, 0.6) is 0 Å². The molecule has 0 aliphatic rings. The first kappa shape index (κ1) is 17.1. The van der Waals surface area contributed by atoms with E-state index in [1.165, 1.54) is 17.7 Å². The summed E-state index contributed by atoms with van der Waals surface area (Å²) in [4.78, 5) is 11.2. The molecule has 0 bridgehead atoms. The molecule has 1 N–H and O–H groups in total. The van der Waals surface area contributed by atoms with Crippen molar-refractivity contribution in [2.24, 2.45) is 0 Å². The SMILES string of the molecule is CCCNc1ncnc(N(C)C(C)CCSC)c1CC. The van der Waals surface area contributed by atoms with Crippen LogP contribution in [0.4, 0.5) is 11.6 Å². The molecule has 0 aromatic carbocycles. The van der Waals surface area contributed by atoms with Gasteiger partial charge in [0, 0.05) is 25.2 Å². The van der Waals surface area contributed by atoms with Crippen molar-refractivity contribution in [3.8, 4) is 0 Å². The van der Waals surface area contributed by atoms with Crippen molar-refractivity contribution in [2.75, 3.05) is 35.8 Å². The zero-order chi connectivity index (χ0) is 15.0. The highest BCUT2D eigenvalue weighted by Crippen LogP contribution is 2.25. The molecule has 0 saturated heterocycles. The molecule has 0 amide bonds. The molecule has 1 atom stereocenters. The summed E-state index contributed by atoms with van der Waals surface area (Å²) < 4.78 is 0. The van der Waals surface area contributed by atoms with E-state index >= 15 is 0 Å². The van der Waals surface area contributed by atoms with E-state index in [0.29, 0.717) is 6.04 Å². The maximum atomic E-state index is 4.52. The largest absolute Gasteiger partial charge is 0.370 e. The van der Waals surface area contributed by atoms with Crippen LogP contribution in [-0.4, -0.2) is 41.6 Å². The van der Waals surface area contributed by atoms with Gasteiger partial charge in [0.05, 0.1) is 0 Å². The summed E-state index contributed by atoms with van der Waals surface area (Å²) in [5, 5.41) is 3.41. The maximum Gasteiger partial charge on any atom is 0.137 e. The van der Waals surface area contributed by atoms with Crippen LogP contribution in [0.3, 0.4) is 0 Å². The molecule has 4 nitrogen and oxygen atoms in total. The second kappa shape index (κ2) is 9.06. The van der Waals surface area contributed by atoms with Crippen LogP contribution in [0.25, 0.3) is 0 Å². The topological polar surface area (TPSA) is 41.1 Å². The van der Waals surface area contributed by atoms with Gasteiger partial charge in [0.15, 0.2) is 0 Å². The zero-order valence-corrected chi connectivity index (χ0v) is 14.3. The maximum absolute atomic E-state index is 4.52. The predicted molar refractivity (Wildman–Crippen MR) is 91.1 cm³/mol. The predicted octanol–water partition coefficient (Wildman–Crippen LogP) is 3.44. The van der Waals surface area contributed by atoms with Crippen LogP contribution in [0, 0.1) is 0 Å². The van der Waals surface area contributed by atoms with Gasteiger partial charge in [-0.3, -0.25) is 0 Å². The van der Waals surface area contributed by atoms with Gasteiger partial charge in [0.25, 0.3) is 0 Å². The summed E-state index contributed by atoms with van der Waals surface area (Å²) in [6.45, 7) is 7.54. The molecule has 0 saturated carbocycles. The molecule has 0 aliphatic carbocycles. The summed E-state index contributed by atoms with van der Waals surface area (Å²) in [6.07, 6.45) is 7.04. The summed E-state index contributed by atoms with van der Waals surface area (Å²) in [7, 11) is 2.14. The van der Waals surface area contributed by atoms with Gasteiger partial charge >= 0.3 is 0 Å². The fraction of sp³-hybridized carbons (Fsp3) is 0.733. The molecule has 1 heterocycles. The summed E-state index contributed by atoms with van der Waals surface area (Å²) in [5.41, 5.74) is 1.22. The van der Waals surface area contributed by atoms with Crippen molar-refractivity contribution in [2.45, 2.75) is 46.1 Å². The van der Waals surface area contributed by atoms with Gasteiger partial charge in [-0.1, -0.05) is 13.8 Å². The first-order chi connectivity index (χ1) is 9.65. The first-order valence-electron chi connectivity index (χ1n) is 7.45. The molecule has 0 aliphatic heterocycles. The third-order valence-corrected chi connectivity index (χ3v) is 4.20. The van der Waals surface area contributed by atoms with Crippen LogP contribution >= 0.6 is 11.8 Å². The van der Waals surface area contributed by atoms with Gasteiger partial charge in [0.1, 0.15) is 18.0 Å². The fourth-order valence-electron chi connectivity index (χ4n) is 2.12. The van der Waals surface area contributed by atoms with Gasteiger partial charge in [-0.05, 0) is 38.2 Å². The minimum atomic E-state index is 0.488. The molecule has 1 aromatic rings. The standard InChI is InChI=1S/C15H28N4S/c1-6-9-16-14-13(7-2)15(18-11-17-14)19(4)12(3)8-10-20-5/h11-12H,6-10H2,1-5H3,(H,16,17,18). The lowest BCUT2D eigenvalue weighted by molar-refractivity contribution is 0.658. The number of aromatic nitrogens is 2. The van der Waals surface area contributed by atoms with Crippen molar-refractivity contribution >= 4 is 23.4 Å². The van der Waals surface area contributed by atoms with Gasteiger partial charge in [0.2, 0.25) is 0 Å². The number of anilines is 2. The number of thioether (sulfide) groups is 1. The molecule has 5 heteroatoms. The first-order valence-corrected chi connectivity index (χ1v) is 8.84. The van der Waals surface area contributed by atoms with Crippen molar-refractivity contribution in [3.05, 3.63) is 11.9 Å². The van der Waals surface area contributed by atoms with E-state index in [0.717, 1.165) is 31.0 Å². The highest BCUT2D eigenvalue weighted by atomic mass is 32.2. The third-order valence-electron chi connectivity index (χ3n) is 3.55. The molecule has 20 heavy (non-hydrogen) atoms. The number of nitrogens with one attached hydrogen (secondary N) is 1. The van der Waals surface area contributed by atoms with E-state index in [1.807, 2.05) is 11.8 Å². The van der Waals surface area contributed by atoms with Crippen molar-refractivity contribution < 1.29 is 0 Å². The summed E-state index contributed by atoms with van der Waals surface area (Å²) >= 11 is 1.89. The number of hydrogen-bond acceptors (Lipinski definition) is 5. The molecule has 0 fully saturated rings. The fourth-order valence-corrected chi connectivity index (χ4v) is 2.70. The molecule has 1 rings (SSSR count). The van der Waals surface area contributed by atoms with E-state index in [9.17, 15) is 0 Å². The molecule has 1 aromatic heterocycles. The second-order valence-electron chi connectivity index (χ2n) is 5.05. The normalized spacial score (nSPS) is 12.2. The van der Waals surface area contributed by atoms with Crippen LogP contribution in [0.2, 0.25) is 0 Å². The minimum absolute atomic E-state index is 0.488. The Hall–Kier alpha value is -0.970. The summed E-state index contributed by atoms with van der Waals surface area (Å²) in [5.74, 6) is 3.23. The average Bonchev–Trinajstić information content (AvgIpc) is 2.49. The lowest BCUT2D eigenvalue weighted by atomic mass is 10.1. The van der Waals surface area contributed by atoms with Crippen LogP contribution in [0.15, 0.2) is 6.33 Å². The summed E-state index contributed by atoms with van der Waals surface area (Å²) in [6, 6.07) is 0.488. The monoisotopic (exact) mass is 296 g/mol. The zero-order valence-electron chi connectivity index (χ0n) is 13.4. The smallest absolute Gasteiger partial charge is 0.137 e. The molecule has 1 unspecified atom stereocenters. The highest BCUT2D eigenvalue weighted by molar-refractivity contribution is 7.98. The van der Waals surface area contributed by atoms with E-state index in [4.69, 9.17) is 0 Å². The van der Waals surface area contributed by atoms with E-state index < -0.39 is 0 Å². The van der Waals surface area contributed by atoms with Crippen molar-refractivity contribution in [3.63, 3.8) is 0 Å². The second-order valence-corrected chi connectivity index (χ2v) is 6.03. The Kier molecular flexibility index (Phi) is 7.73. The Balaban J connectivity index is 2.92. The minimum Gasteiger partial charge on any atom is -0.370 e. The molecule has 0 radical (unpaired) electrons. The molecular weight excluding hydrogens is 268 g/mol. The Labute approximate surface area is 127 Å². The van der Waals surface area contributed by atoms with Crippen LogP contribution < -0.4 is 10.2 Å².